The van der Waals surface area contributed by atoms with E-state index in [4.69, 9.17) is 0 Å². The second kappa shape index (κ2) is 1.34. The van der Waals surface area contributed by atoms with E-state index in [1.807, 2.05) is 0 Å². The molecule has 0 amide bonds. The van der Waals surface area contributed by atoms with Crippen LogP contribution in [0.15, 0.2) is 0 Å². The Morgan fingerprint density at radius 1 is 1.44 bits per heavy atom. The third-order valence-corrected chi connectivity index (χ3v) is 3.07. The van der Waals surface area contributed by atoms with Gasteiger partial charge in [0.15, 0.2) is 0 Å². The summed E-state index contributed by atoms with van der Waals surface area (Å²) in [6, 6.07) is 0. The average molecular weight is 126 g/mol. The summed E-state index contributed by atoms with van der Waals surface area (Å²) in [5.74, 6) is 1.53. The standard InChI is InChI=1S/C8H14O/c1-8(2)4-7(9)5-3-6(5)8/h5-7,9H,3-4H2,1-2H3/t5-,6+,7-/m0/s1. The van der Waals surface area contributed by atoms with E-state index in [1.54, 1.807) is 0 Å². The monoisotopic (exact) mass is 126 g/mol. The molecular formula is C8H14O. The lowest BCUT2D eigenvalue weighted by atomic mass is 9.87. The first-order valence-electron chi connectivity index (χ1n) is 3.79. The zero-order valence-electron chi connectivity index (χ0n) is 6.09. The molecule has 0 aromatic carbocycles. The van der Waals surface area contributed by atoms with Gasteiger partial charge in [0, 0.05) is 0 Å². The summed E-state index contributed by atoms with van der Waals surface area (Å²) in [5, 5.41) is 9.37. The molecule has 2 rings (SSSR count). The van der Waals surface area contributed by atoms with E-state index in [-0.39, 0.29) is 6.10 Å². The van der Waals surface area contributed by atoms with Gasteiger partial charge in [0.25, 0.3) is 0 Å². The van der Waals surface area contributed by atoms with Gasteiger partial charge in [-0.25, -0.2) is 0 Å². The summed E-state index contributed by atoms with van der Waals surface area (Å²) in [5.41, 5.74) is 0.448. The molecule has 2 fully saturated rings. The minimum atomic E-state index is 0.0324. The summed E-state index contributed by atoms with van der Waals surface area (Å²) in [7, 11) is 0. The molecule has 9 heavy (non-hydrogen) atoms. The lowest BCUT2D eigenvalue weighted by Gasteiger charge is -2.19. The van der Waals surface area contributed by atoms with Crippen LogP contribution >= 0.6 is 0 Å². The predicted molar refractivity (Wildman–Crippen MR) is 36.0 cm³/mol. The molecule has 0 heterocycles. The van der Waals surface area contributed by atoms with Crippen molar-refractivity contribution in [1.29, 1.82) is 0 Å². The summed E-state index contributed by atoms with van der Waals surface area (Å²) in [4.78, 5) is 0. The Labute approximate surface area is 56.1 Å². The molecule has 2 aliphatic carbocycles. The minimum absolute atomic E-state index is 0.0324. The van der Waals surface area contributed by atoms with Gasteiger partial charge in [-0.2, -0.15) is 0 Å². The molecule has 3 atom stereocenters. The van der Waals surface area contributed by atoms with E-state index >= 15 is 0 Å². The van der Waals surface area contributed by atoms with Crippen LogP contribution in [0.2, 0.25) is 0 Å². The fraction of sp³-hybridized carbons (Fsp3) is 1.00. The third kappa shape index (κ3) is 0.644. The molecule has 52 valence electrons. The number of rotatable bonds is 0. The van der Waals surface area contributed by atoms with Crippen LogP contribution < -0.4 is 0 Å². The Hall–Kier alpha value is -0.0400. The van der Waals surface area contributed by atoms with Gasteiger partial charge >= 0.3 is 0 Å². The van der Waals surface area contributed by atoms with Gasteiger partial charge in [-0.05, 0) is 30.1 Å². The highest BCUT2D eigenvalue weighted by molar-refractivity contribution is 5.07. The normalized spacial score (nSPS) is 53.0. The quantitative estimate of drug-likeness (QED) is 0.520. The molecule has 0 spiro atoms. The molecule has 2 aliphatic rings. The van der Waals surface area contributed by atoms with Crippen LogP contribution in [0.25, 0.3) is 0 Å². The highest BCUT2D eigenvalue weighted by atomic mass is 16.3. The van der Waals surface area contributed by atoms with E-state index in [1.165, 1.54) is 6.42 Å². The van der Waals surface area contributed by atoms with Crippen molar-refractivity contribution >= 4 is 0 Å². The molecular weight excluding hydrogens is 112 g/mol. The molecule has 0 saturated heterocycles. The topological polar surface area (TPSA) is 20.2 Å². The van der Waals surface area contributed by atoms with E-state index in [9.17, 15) is 5.11 Å². The van der Waals surface area contributed by atoms with Crippen molar-refractivity contribution in [3.63, 3.8) is 0 Å². The van der Waals surface area contributed by atoms with Crippen molar-refractivity contribution in [2.45, 2.75) is 32.8 Å². The Balaban J connectivity index is 2.17. The van der Waals surface area contributed by atoms with Crippen LogP contribution in [-0.2, 0) is 0 Å². The first kappa shape index (κ1) is 5.72. The molecule has 1 N–H and O–H groups in total. The van der Waals surface area contributed by atoms with Crippen molar-refractivity contribution in [3.05, 3.63) is 0 Å². The highest BCUT2D eigenvalue weighted by Gasteiger charge is 2.57. The molecule has 2 saturated carbocycles. The van der Waals surface area contributed by atoms with Crippen LogP contribution in [0.5, 0.6) is 0 Å². The summed E-state index contributed by atoms with van der Waals surface area (Å²) in [6.45, 7) is 4.54. The van der Waals surface area contributed by atoms with Crippen molar-refractivity contribution in [2.75, 3.05) is 0 Å². The van der Waals surface area contributed by atoms with Crippen LogP contribution in [0.3, 0.4) is 0 Å². The number of fused-ring (bicyclic) bond motifs is 1. The van der Waals surface area contributed by atoms with Crippen molar-refractivity contribution in [2.24, 2.45) is 17.3 Å². The van der Waals surface area contributed by atoms with Gasteiger partial charge in [-0.3, -0.25) is 0 Å². The molecule has 1 nitrogen and oxygen atoms in total. The SMILES string of the molecule is CC1(C)C[C@H](O)[C@H]2C[C@H]21. The summed E-state index contributed by atoms with van der Waals surface area (Å²) in [6.07, 6.45) is 2.35. The van der Waals surface area contributed by atoms with Gasteiger partial charge in [-0.15, -0.1) is 0 Å². The molecule has 1 heteroatoms. The Kier molecular flexibility index (Phi) is 0.852. The predicted octanol–water partition coefficient (Wildman–Crippen LogP) is 1.41. The summed E-state index contributed by atoms with van der Waals surface area (Å²) >= 11 is 0. The lowest BCUT2D eigenvalue weighted by molar-refractivity contribution is 0.136. The maximum absolute atomic E-state index is 9.37. The first-order valence-corrected chi connectivity index (χ1v) is 3.79. The van der Waals surface area contributed by atoms with E-state index in [0.717, 1.165) is 12.3 Å². The van der Waals surface area contributed by atoms with Crippen molar-refractivity contribution < 1.29 is 5.11 Å². The van der Waals surface area contributed by atoms with Gasteiger partial charge in [0.1, 0.15) is 0 Å². The Bertz CT molecular complexity index is 140. The number of aliphatic hydroxyl groups is 1. The lowest BCUT2D eigenvalue weighted by Crippen LogP contribution is -2.14. The molecule has 0 aromatic rings. The van der Waals surface area contributed by atoms with E-state index in [0.29, 0.717) is 11.3 Å². The second-order valence-electron chi connectivity index (χ2n) is 4.27. The molecule has 0 bridgehead atoms. The molecule has 0 unspecified atom stereocenters. The molecule has 0 aromatic heterocycles. The van der Waals surface area contributed by atoms with Gasteiger partial charge in [0.05, 0.1) is 6.10 Å². The second-order valence-corrected chi connectivity index (χ2v) is 4.27. The van der Waals surface area contributed by atoms with Gasteiger partial charge in [0.2, 0.25) is 0 Å². The molecule has 0 aliphatic heterocycles. The average Bonchev–Trinajstić information content (AvgIpc) is 2.33. The third-order valence-electron chi connectivity index (χ3n) is 3.07. The fourth-order valence-electron chi connectivity index (χ4n) is 2.38. The Morgan fingerprint density at radius 2 is 2.11 bits per heavy atom. The zero-order valence-corrected chi connectivity index (χ0v) is 6.09. The smallest absolute Gasteiger partial charge is 0.0576 e. The van der Waals surface area contributed by atoms with Crippen LogP contribution in [0.4, 0.5) is 0 Å². The maximum atomic E-state index is 9.37. The summed E-state index contributed by atoms with van der Waals surface area (Å²) < 4.78 is 0. The number of aliphatic hydroxyl groups excluding tert-OH is 1. The zero-order chi connectivity index (χ0) is 6.65. The van der Waals surface area contributed by atoms with Gasteiger partial charge in [-0.1, -0.05) is 13.8 Å². The van der Waals surface area contributed by atoms with Crippen LogP contribution in [0.1, 0.15) is 26.7 Å². The number of hydrogen-bond acceptors (Lipinski definition) is 1. The number of hydrogen-bond donors (Lipinski definition) is 1. The van der Waals surface area contributed by atoms with E-state index < -0.39 is 0 Å². The van der Waals surface area contributed by atoms with Crippen LogP contribution in [-0.4, -0.2) is 11.2 Å². The maximum Gasteiger partial charge on any atom is 0.0576 e. The first-order chi connectivity index (χ1) is 4.11. The van der Waals surface area contributed by atoms with Gasteiger partial charge < -0.3 is 5.11 Å². The van der Waals surface area contributed by atoms with Crippen molar-refractivity contribution in [3.8, 4) is 0 Å². The fourth-order valence-corrected chi connectivity index (χ4v) is 2.38. The van der Waals surface area contributed by atoms with Crippen LogP contribution in [0, 0.1) is 17.3 Å². The van der Waals surface area contributed by atoms with Crippen molar-refractivity contribution in [1.82, 2.24) is 0 Å². The highest BCUT2D eigenvalue weighted by Crippen LogP contribution is 2.61. The largest absolute Gasteiger partial charge is 0.393 e. The minimum Gasteiger partial charge on any atom is -0.393 e. The molecule has 0 radical (unpaired) electrons. The Morgan fingerprint density at radius 3 is 2.22 bits per heavy atom. The van der Waals surface area contributed by atoms with E-state index in [2.05, 4.69) is 13.8 Å².